The van der Waals surface area contributed by atoms with Crippen LogP contribution in [0.25, 0.3) is 0 Å². The van der Waals surface area contributed by atoms with Crippen molar-refractivity contribution in [2.24, 2.45) is 5.73 Å². The molecule has 26 heavy (non-hydrogen) atoms. The van der Waals surface area contributed by atoms with E-state index >= 15 is 0 Å². The van der Waals surface area contributed by atoms with E-state index in [1.807, 2.05) is 30.9 Å². The topological polar surface area (TPSA) is 59.2 Å². The molecule has 0 saturated carbocycles. The van der Waals surface area contributed by atoms with Gasteiger partial charge in [-0.05, 0) is 60.7 Å². The van der Waals surface area contributed by atoms with Crippen molar-refractivity contribution in [1.82, 2.24) is 4.98 Å². The van der Waals surface area contributed by atoms with Crippen molar-refractivity contribution >= 4 is 11.6 Å². The summed E-state index contributed by atoms with van der Waals surface area (Å²) in [6, 6.07) is 8.38. The van der Waals surface area contributed by atoms with Crippen LogP contribution in [0.15, 0.2) is 30.5 Å². The second-order valence-electron chi connectivity index (χ2n) is 8.06. The molecule has 1 atom stereocenters. The zero-order valence-electron chi connectivity index (χ0n) is 16.5. The number of aromatic nitrogens is 1. The number of hydrogen-bond acceptors (Lipinski definition) is 3. The van der Waals surface area contributed by atoms with Crippen LogP contribution in [-0.4, -0.2) is 10.9 Å². The Bertz CT molecular complexity index is 839. The molecule has 0 saturated heterocycles. The Balaban J connectivity index is 2.13. The second kappa shape index (κ2) is 6.84. The minimum absolute atomic E-state index is 0.0552. The Morgan fingerprint density at radius 3 is 2.65 bits per heavy atom. The number of anilines is 1. The third-order valence-corrected chi connectivity index (χ3v) is 5.34. The van der Waals surface area contributed by atoms with Gasteiger partial charge in [-0.25, -0.2) is 0 Å². The fraction of sp³-hybridized carbons (Fsp3) is 0.455. The van der Waals surface area contributed by atoms with Gasteiger partial charge in [-0.15, -0.1) is 0 Å². The molecular weight excluding hydrogens is 322 g/mol. The summed E-state index contributed by atoms with van der Waals surface area (Å²) in [6.45, 7) is 11.0. The smallest absolute Gasteiger partial charge is 0.228 e. The molecule has 1 aromatic carbocycles. The number of nitrogens with zero attached hydrogens (tertiary/aromatic N) is 2. The van der Waals surface area contributed by atoms with Crippen LogP contribution in [0.5, 0.6) is 0 Å². The van der Waals surface area contributed by atoms with E-state index in [4.69, 9.17) is 5.73 Å². The molecule has 4 nitrogen and oxygen atoms in total. The summed E-state index contributed by atoms with van der Waals surface area (Å²) in [6.07, 6.45) is 3.26. The number of nitrogens with two attached hydrogens (primary N) is 1. The number of amides is 1. The van der Waals surface area contributed by atoms with Crippen molar-refractivity contribution < 1.29 is 4.79 Å². The standard InChI is InChI=1S/C22H29N3O/c1-6-17-10-19-20(11-18(17)15(3)23)25(21(26)12-22(19,4)5)13-16-7-8-24-14(2)9-16/h7-11,15H,6,12-13,23H2,1-5H3/t15-/m0/s1. The molecule has 138 valence electrons. The van der Waals surface area contributed by atoms with Crippen LogP contribution in [-0.2, 0) is 23.2 Å². The van der Waals surface area contributed by atoms with Gasteiger partial charge in [0.1, 0.15) is 0 Å². The molecule has 1 amide bonds. The third kappa shape index (κ3) is 3.38. The fourth-order valence-corrected chi connectivity index (χ4v) is 3.91. The molecule has 2 N–H and O–H groups in total. The van der Waals surface area contributed by atoms with Crippen LogP contribution in [0.1, 0.15) is 68.1 Å². The summed E-state index contributed by atoms with van der Waals surface area (Å²) in [7, 11) is 0. The number of hydrogen-bond donors (Lipinski definition) is 1. The SMILES string of the molecule is CCc1cc2c(cc1[C@H](C)N)N(Cc1ccnc(C)c1)C(=O)CC2(C)C. The second-order valence-corrected chi connectivity index (χ2v) is 8.06. The summed E-state index contributed by atoms with van der Waals surface area (Å²) in [5, 5.41) is 0. The van der Waals surface area contributed by atoms with Gasteiger partial charge < -0.3 is 10.6 Å². The molecule has 0 unspecified atom stereocenters. The first kappa shape index (κ1) is 18.6. The highest BCUT2D eigenvalue weighted by atomic mass is 16.2. The number of pyridine rings is 1. The average molecular weight is 351 g/mol. The molecule has 0 spiro atoms. The summed E-state index contributed by atoms with van der Waals surface area (Å²) in [5.41, 5.74) is 12.8. The van der Waals surface area contributed by atoms with Crippen LogP contribution in [0.2, 0.25) is 0 Å². The van der Waals surface area contributed by atoms with Crippen molar-refractivity contribution in [2.45, 2.75) is 65.5 Å². The lowest BCUT2D eigenvalue weighted by Gasteiger charge is -2.40. The molecule has 0 aliphatic carbocycles. The molecule has 3 rings (SSSR count). The number of rotatable bonds is 4. The van der Waals surface area contributed by atoms with E-state index in [-0.39, 0.29) is 17.4 Å². The Kier molecular flexibility index (Phi) is 4.89. The Morgan fingerprint density at radius 2 is 2.04 bits per heavy atom. The predicted molar refractivity (Wildman–Crippen MR) is 106 cm³/mol. The van der Waals surface area contributed by atoms with Crippen molar-refractivity contribution in [3.8, 4) is 0 Å². The summed E-state index contributed by atoms with van der Waals surface area (Å²) >= 11 is 0. The fourth-order valence-electron chi connectivity index (χ4n) is 3.91. The quantitative estimate of drug-likeness (QED) is 0.898. The molecule has 0 fully saturated rings. The number of carbonyl (C=O) groups excluding carboxylic acids is 1. The maximum atomic E-state index is 13.0. The zero-order valence-corrected chi connectivity index (χ0v) is 16.5. The van der Waals surface area contributed by atoms with Crippen LogP contribution < -0.4 is 10.6 Å². The largest absolute Gasteiger partial charge is 0.324 e. The Labute approximate surface area is 156 Å². The van der Waals surface area contributed by atoms with E-state index < -0.39 is 0 Å². The summed E-state index contributed by atoms with van der Waals surface area (Å²) in [4.78, 5) is 19.2. The predicted octanol–water partition coefficient (Wildman–Crippen LogP) is 4.19. The van der Waals surface area contributed by atoms with E-state index in [1.165, 1.54) is 11.1 Å². The monoisotopic (exact) mass is 351 g/mol. The van der Waals surface area contributed by atoms with Gasteiger partial charge in [-0.2, -0.15) is 0 Å². The minimum Gasteiger partial charge on any atom is -0.324 e. The first-order valence-electron chi connectivity index (χ1n) is 9.37. The van der Waals surface area contributed by atoms with E-state index in [1.54, 1.807) is 6.20 Å². The lowest BCUT2D eigenvalue weighted by molar-refractivity contribution is -0.120. The zero-order chi connectivity index (χ0) is 19.1. The first-order valence-corrected chi connectivity index (χ1v) is 9.37. The highest BCUT2D eigenvalue weighted by molar-refractivity contribution is 5.98. The van der Waals surface area contributed by atoms with Crippen LogP contribution in [0.3, 0.4) is 0 Å². The molecule has 2 heterocycles. The molecule has 0 radical (unpaired) electrons. The molecule has 1 aliphatic heterocycles. The van der Waals surface area contributed by atoms with Gasteiger partial charge in [0.2, 0.25) is 5.91 Å². The molecule has 1 aliphatic rings. The molecule has 1 aromatic heterocycles. The third-order valence-electron chi connectivity index (χ3n) is 5.34. The molecule has 2 aromatic rings. The van der Waals surface area contributed by atoms with E-state index in [9.17, 15) is 4.79 Å². The van der Waals surface area contributed by atoms with Gasteiger partial charge in [-0.1, -0.05) is 26.8 Å². The van der Waals surface area contributed by atoms with E-state index in [0.717, 1.165) is 28.9 Å². The average Bonchev–Trinajstić information content (AvgIpc) is 2.57. The number of carbonyl (C=O) groups is 1. The van der Waals surface area contributed by atoms with Crippen molar-refractivity contribution in [2.75, 3.05) is 4.90 Å². The van der Waals surface area contributed by atoms with Gasteiger partial charge in [0, 0.05) is 35.5 Å². The van der Waals surface area contributed by atoms with Crippen LogP contribution in [0, 0.1) is 6.92 Å². The van der Waals surface area contributed by atoms with Gasteiger partial charge in [-0.3, -0.25) is 9.78 Å². The van der Waals surface area contributed by atoms with Gasteiger partial charge in [0.05, 0.1) is 6.54 Å². The number of benzene rings is 1. The minimum atomic E-state index is -0.169. The van der Waals surface area contributed by atoms with Gasteiger partial charge in [0.15, 0.2) is 0 Å². The summed E-state index contributed by atoms with van der Waals surface area (Å²) < 4.78 is 0. The van der Waals surface area contributed by atoms with Gasteiger partial charge in [0.25, 0.3) is 0 Å². The highest BCUT2D eigenvalue weighted by Gasteiger charge is 2.37. The molecule has 0 bridgehead atoms. The van der Waals surface area contributed by atoms with Crippen molar-refractivity contribution in [3.63, 3.8) is 0 Å². The van der Waals surface area contributed by atoms with E-state index in [2.05, 4.69) is 37.9 Å². The van der Waals surface area contributed by atoms with Gasteiger partial charge >= 0.3 is 0 Å². The number of aryl methyl sites for hydroxylation is 2. The maximum Gasteiger partial charge on any atom is 0.228 e. The Hall–Kier alpha value is -2.20. The van der Waals surface area contributed by atoms with Crippen molar-refractivity contribution in [1.29, 1.82) is 0 Å². The molecule has 4 heteroatoms. The molecular formula is C22H29N3O. The van der Waals surface area contributed by atoms with E-state index in [0.29, 0.717) is 13.0 Å². The lowest BCUT2D eigenvalue weighted by Crippen LogP contribution is -2.42. The lowest BCUT2D eigenvalue weighted by atomic mass is 9.75. The first-order chi connectivity index (χ1) is 12.2. The van der Waals surface area contributed by atoms with Crippen molar-refractivity contribution in [3.05, 3.63) is 58.4 Å². The van der Waals surface area contributed by atoms with Crippen LogP contribution in [0.4, 0.5) is 5.69 Å². The summed E-state index contributed by atoms with van der Waals surface area (Å²) in [5.74, 6) is 0.164. The Morgan fingerprint density at radius 1 is 1.31 bits per heavy atom. The number of fused-ring (bicyclic) bond motifs is 1. The highest BCUT2D eigenvalue weighted by Crippen LogP contribution is 2.43. The normalized spacial score (nSPS) is 17.2. The maximum absolute atomic E-state index is 13.0. The van der Waals surface area contributed by atoms with Crippen LogP contribution >= 0.6 is 0 Å².